The summed E-state index contributed by atoms with van der Waals surface area (Å²) < 4.78 is 52.2. The van der Waals surface area contributed by atoms with Gasteiger partial charge >= 0.3 is 0 Å². The lowest BCUT2D eigenvalue weighted by molar-refractivity contribution is -0.140. The van der Waals surface area contributed by atoms with Crippen LogP contribution in [0.4, 0.5) is 5.69 Å². The van der Waals surface area contributed by atoms with Crippen molar-refractivity contribution in [2.24, 2.45) is 0 Å². The first-order chi connectivity index (χ1) is 24.2. The fraction of sp³-hybridized carbons (Fsp3) is 0.333. The van der Waals surface area contributed by atoms with E-state index in [1.165, 1.54) is 57.6 Å². The maximum atomic E-state index is 14.9. The first-order valence-corrected chi connectivity index (χ1v) is 17.8. The second kappa shape index (κ2) is 16.7. The molecular weight excluding hydrogens is 671 g/mol. The number of aryl methyl sites for hydroxylation is 1. The number of nitrogens with zero attached hydrogens (tertiary/aromatic N) is 2. The summed E-state index contributed by atoms with van der Waals surface area (Å²) in [6.45, 7) is 6.91. The number of carbonyl (C=O) groups is 2. The highest BCUT2D eigenvalue weighted by Crippen LogP contribution is 2.38. The van der Waals surface area contributed by atoms with Crippen molar-refractivity contribution in [1.82, 2.24) is 10.2 Å². The highest BCUT2D eigenvalue weighted by atomic mass is 32.2. The molecule has 0 radical (unpaired) electrons. The van der Waals surface area contributed by atoms with Gasteiger partial charge in [-0.2, -0.15) is 0 Å². The third-order valence-corrected chi connectivity index (χ3v) is 9.88. The second-order valence-electron chi connectivity index (χ2n) is 13.0. The fourth-order valence-corrected chi connectivity index (χ4v) is 6.94. The molecule has 272 valence electrons. The van der Waals surface area contributed by atoms with Gasteiger partial charge in [0.05, 0.1) is 39.0 Å². The Kier molecular flexibility index (Phi) is 12.6. The van der Waals surface area contributed by atoms with E-state index in [2.05, 4.69) is 5.32 Å². The molecular formula is C39H47N3O8S. The summed E-state index contributed by atoms with van der Waals surface area (Å²) in [6, 6.07) is 24.9. The molecule has 11 nitrogen and oxygen atoms in total. The third-order valence-electron chi connectivity index (χ3n) is 8.12. The highest BCUT2D eigenvalue weighted by molar-refractivity contribution is 7.92. The van der Waals surface area contributed by atoms with E-state index in [1.807, 2.05) is 82.3 Å². The van der Waals surface area contributed by atoms with E-state index in [0.717, 1.165) is 21.0 Å². The minimum absolute atomic E-state index is 0.0354. The zero-order chi connectivity index (χ0) is 37.3. The van der Waals surface area contributed by atoms with Crippen molar-refractivity contribution in [1.29, 1.82) is 0 Å². The van der Waals surface area contributed by atoms with Crippen LogP contribution < -0.4 is 28.6 Å². The molecule has 12 heteroatoms. The lowest BCUT2D eigenvalue weighted by Gasteiger charge is -2.35. The number of carbonyl (C=O) groups excluding carboxylic acids is 2. The van der Waals surface area contributed by atoms with Crippen molar-refractivity contribution in [2.45, 2.75) is 57.1 Å². The van der Waals surface area contributed by atoms with Crippen molar-refractivity contribution in [3.63, 3.8) is 0 Å². The number of nitrogens with one attached hydrogen (secondary N) is 1. The molecule has 0 aliphatic rings. The molecule has 0 fully saturated rings. The van der Waals surface area contributed by atoms with E-state index >= 15 is 0 Å². The molecule has 51 heavy (non-hydrogen) atoms. The summed E-state index contributed by atoms with van der Waals surface area (Å²) >= 11 is 0. The zero-order valence-corrected chi connectivity index (χ0v) is 31.2. The van der Waals surface area contributed by atoms with Crippen LogP contribution in [0.5, 0.6) is 23.0 Å². The lowest BCUT2D eigenvalue weighted by atomic mass is 10.0. The van der Waals surface area contributed by atoms with E-state index in [0.29, 0.717) is 11.5 Å². The summed E-state index contributed by atoms with van der Waals surface area (Å²) in [7, 11) is 1.21. The average molecular weight is 718 g/mol. The molecule has 4 aromatic rings. The first kappa shape index (κ1) is 38.6. The van der Waals surface area contributed by atoms with Crippen LogP contribution >= 0.6 is 0 Å². The normalized spacial score (nSPS) is 12.0. The van der Waals surface area contributed by atoms with Crippen LogP contribution in [0.3, 0.4) is 0 Å². The lowest BCUT2D eigenvalue weighted by Crippen LogP contribution is -2.56. The highest BCUT2D eigenvalue weighted by Gasteiger charge is 2.37. The molecule has 0 spiro atoms. The van der Waals surface area contributed by atoms with Gasteiger partial charge in [0.25, 0.3) is 10.0 Å². The predicted octanol–water partition coefficient (Wildman–Crippen LogP) is 5.78. The number of amides is 2. The number of hydrogen-bond donors (Lipinski definition) is 1. The Morgan fingerprint density at radius 2 is 1.37 bits per heavy atom. The molecule has 0 aromatic heterocycles. The number of methoxy groups -OCH3 is 4. The molecule has 0 heterocycles. The quantitative estimate of drug-likeness (QED) is 0.164. The van der Waals surface area contributed by atoms with Crippen molar-refractivity contribution in [3.8, 4) is 23.0 Å². The van der Waals surface area contributed by atoms with E-state index in [1.54, 1.807) is 12.1 Å². The van der Waals surface area contributed by atoms with Crippen LogP contribution in [0.25, 0.3) is 0 Å². The smallest absolute Gasteiger partial charge is 0.265 e. The van der Waals surface area contributed by atoms with Crippen LogP contribution in [0.2, 0.25) is 0 Å². The van der Waals surface area contributed by atoms with E-state index in [4.69, 9.17) is 18.9 Å². The standard InChI is InChI=1S/C39H47N3O8S/c1-27-14-16-29(17-15-27)25-41(33(38(44)40-39(2,3)4)22-28-12-10-9-11-13-28)37(43)26-42(32-23-30(47-5)18-20-34(32)48-6)51(45,46)31-19-21-35(49-7)36(24-31)50-8/h9-21,23-24,33H,22,25-26H2,1-8H3,(H,40,44)/t33-/m1/s1. The predicted molar refractivity (Wildman–Crippen MR) is 197 cm³/mol. The van der Waals surface area contributed by atoms with Gasteiger partial charge in [0.15, 0.2) is 11.5 Å². The number of ether oxygens (including phenoxy) is 4. The van der Waals surface area contributed by atoms with Gasteiger partial charge in [-0.3, -0.25) is 13.9 Å². The van der Waals surface area contributed by atoms with Gasteiger partial charge in [-0.15, -0.1) is 0 Å². The molecule has 1 atom stereocenters. The van der Waals surface area contributed by atoms with Crippen molar-refractivity contribution in [2.75, 3.05) is 39.3 Å². The van der Waals surface area contributed by atoms with Gasteiger partial charge in [-0.05, 0) is 63.1 Å². The number of hydrogen-bond acceptors (Lipinski definition) is 8. The van der Waals surface area contributed by atoms with Crippen LogP contribution in [0.15, 0.2) is 95.9 Å². The fourth-order valence-electron chi connectivity index (χ4n) is 5.51. The number of anilines is 1. The number of rotatable bonds is 15. The van der Waals surface area contributed by atoms with Gasteiger partial charge in [-0.25, -0.2) is 8.42 Å². The monoisotopic (exact) mass is 717 g/mol. The van der Waals surface area contributed by atoms with Gasteiger partial charge < -0.3 is 29.2 Å². The van der Waals surface area contributed by atoms with E-state index < -0.39 is 34.1 Å². The summed E-state index contributed by atoms with van der Waals surface area (Å²) in [4.78, 5) is 30.3. The van der Waals surface area contributed by atoms with Gasteiger partial charge in [0, 0.05) is 30.6 Å². The maximum Gasteiger partial charge on any atom is 0.265 e. The SMILES string of the molecule is COc1ccc(OC)c(N(CC(=O)N(Cc2ccc(C)cc2)[C@H](Cc2ccccc2)C(=O)NC(C)(C)C)S(=O)(=O)c2ccc(OC)c(OC)c2)c1. The molecule has 4 rings (SSSR count). The topological polar surface area (TPSA) is 124 Å². The maximum absolute atomic E-state index is 14.9. The Bertz CT molecular complexity index is 1910. The Morgan fingerprint density at radius 1 is 0.745 bits per heavy atom. The summed E-state index contributed by atoms with van der Waals surface area (Å²) in [5.74, 6) is 0.0496. The molecule has 0 saturated heterocycles. The van der Waals surface area contributed by atoms with E-state index in [-0.39, 0.29) is 41.0 Å². The van der Waals surface area contributed by atoms with E-state index in [9.17, 15) is 18.0 Å². The molecule has 0 bridgehead atoms. The summed E-state index contributed by atoms with van der Waals surface area (Å²) in [5, 5.41) is 3.04. The van der Waals surface area contributed by atoms with Gasteiger partial charge in [-0.1, -0.05) is 60.2 Å². The molecule has 0 aliphatic heterocycles. The van der Waals surface area contributed by atoms with Crippen LogP contribution in [-0.2, 0) is 32.6 Å². The minimum Gasteiger partial charge on any atom is -0.497 e. The van der Waals surface area contributed by atoms with Gasteiger partial charge in [0.1, 0.15) is 24.1 Å². The number of sulfonamides is 1. The Morgan fingerprint density at radius 3 is 1.96 bits per heavy atom. The second-order valence-corrected chi connectivity index (χ2v) is 14.9. The number of benzene rings is 4. The zero-order valence-electron chi connectivity index (χ0n) is 30.4. The van der Waals surface area contributed by atoms with Crippen molar-refractivity contribution >= 4 is 27.5 Å². The van der Waals surface area contributed by atoms with Crippen molar-refractivity contribution < 1.29 is 37.0 Å². The molecule has 2 amide bonds. The Hall–Kier alpha value is -5.23. The Balaban J connectivity index is 1.91. The molecule has 0 unspecified atom stereocenters. The molecule has 1 N–H and O–H groups in total. The largest absolute Gasteiger partial charge is 0.497 e. The van der Waals surface area contributed by atoms with Crippen molar-refractivity contribution in [3.05, 3.63) is 108 Å². The molecule has 4 aromatic carbocycles. The minimum atomic E-state index is -4.50. The van der Waals surface area contributed by atoms with Crippen LogP contribution in [-0.4, -0.2) is 71.7 Å². The molecule has 0 saturated carbocycles. The molecule has 0 aliphatic carbocycles. The summed E-state index contributed by atoms with van der Waals surface area (Å²) in [5.41, 5.74) is 2.08. The summed E-state index contributed by atoms with van der Waals surface area (Å²) in [6.07, 6.45) is 0.186. The van der Waals surface area contributed by atoms with Crippen LogP contribution in [0, 0.1) is 6.92 Å². The van der Waals surface area contributed by atoms with Gasteiger partial charge in [0.2, 0.25) is 11.8 Å². The first-order valence-electron chi connectivity index (χ1n) is 16.4. The van der Waals surface area contributed by atoms with Crippen LogP contribution in [0.1, 0.15) is 37.5 Å². The Labute approximate surface area is 301 Å². The third kappa shape index (κ3) is 9.72. The average Bonchev–Trinajstić information content (AvgIpc) is 3.11.